The van der Waals surface area contributed by atoms with E-state index in [1.807, 2.05) is 18.2 Å². The van der Waals surface area contributed by atoms with Crippen LogP contribution < -0.4 is 0 Å². The Balaban J connectivity index is -0.000000159. The van der Waals surface area contributed by atoms with Gasteiger partial charge in [0.15, 0.2) is 0 Å². The van der Waals surface area contributed by atoms with Crippen LogP contribution in [0.15, 0.2) is 30.3 Å². The van der Waals surface area contributed by atoms with E-state index in [1.54, 1.807) is 0 Å². The summed E-state index contributed by atoms with van der Waals surface area (Å²) >= 11 is 0. The van der Waals surface area contributed by atoms with Gasteiger partial charge in [0.2, 0.25) is 0 Å². The molecule has 7 heteroatoms. The van der Waals surface area contributed by atoms with Crippen LogP contribution in [-0.2, 0) is 29.9 Å². The largest absolute Gasteiger partial charge is 2.00 e. The van der Waals surface area contributed by atoms with Gasteiger partial charge >= 0.3 is 19.5 Å². The summed E-state index contributed by atoms with van der Waals surface area (Å²) in [5, 5.41) is 0. The number of aryl methyl sites for hydroxylation is 1. The first-order chi connectivity index (χ1) is 5.39. The zero-order chi connectivity index (χ0) is 9.61. The molecule has 2 N–H and O–H groups in total. The van der Waals surface area contributed by atoms with Crippen molar-refractivity contribution in [3.63, 3.8) is 0 Å². The molecule has 1 aromatic carbocycles. The summed E-state index contributed by atoms with van der Waals surface area (Å²) in [7, 11) is -5.17. The van der Waals surface area contributed by atoms with Gasteiger partial charge in [-0.15, -0.1) is 0 Å². The minimum absolute atomic E-state index is 0. The van der Waals surface area contributed by atoms with Crippen LogP contribution in [0.25, 0.3) is 0 Å². The Labute approximate surface area is 95.8 Å². The zero-order valence-electron chi connectivity index (χ0n) is 7.64. The molecule has 0 atom stereocenters. The molecule has 0 aliphatic rings. The first kappa shape index (κ1) is 19.3. The molecule has 76 valence electrons. The third kappa shape index (κ3) is 22.6. The van der Waals surface area contributed by atoms with E-state index >= 15 is 0 Å². The van der Waals surface area contributed by atoms with Gasteiger partial charge in [-0.25, -0.2) is 0 Å². The minimum Gasteiger partial charge on any atom is -0.759 e. The van der Waals surface area contributed by atoms with Gasteiger partial charge in [0, 0.05) is 10.4 Å². The monoisotopic (exact) mass is 270 g/mol. The van der Waals surface area contributed by atoms with E-state index in [2.05, 4.69) is 19.1 Å². The van der Waals surface area contributed by atoms with Crippen LogP contribution in [0, 0.1) is 6.92 Å². The van der Waals surface area contributed by atoms with Crippen LogP contribution in [0.2, 0.25) is 0 Å². The summed E-state index contributed by atoms with van der Waals surface area (Å²) in [4.78, 5) is 0. The SMILES string of the molecule is Cc1ccccc1.O.O=S(=O)([O-])[O-].[Zn+2]. The van der Waals surface area contributed by atoms with Crippen LogP contribution in [0.1, 0.15) is 5.56 Å². The molecule has 0 spiro atoms. The van der Waals surface area contributed by atoms with Gasteiger partial charge < -0.3 is 14.6 Å². The normalized spacial score (nSPS) is 8.50. The Morgan fingerprint density at radius 1 is 1.07 bits per heavy atom. The molecule has 1 aromatic rings. The standard InChI is InChI=1S/C7H8.H2O4S.H2O.Zn/c1-7-5-3-2-4-6-7;1-5(2,3)4;;/h2-6H,1H3;(H2,1,2,3,4);1H2;/q;;;+2/p-2. The Morgan fingerprint density at radius 2 is 1.36 bits per heavy atom. The van der Waals surface area contributed by atoms with Crippen molar-refractivity contribution in [2.24, 2.45) is 0 Å². The molecule has 0 fully saturated rings. The maximum Gasteiger partial charge on any atom is 2.00 e. The molecule has 0 amide bonds. The molecule has 0 aromatic heterocycles. The quantitative estimate of drug-likeness (QED) is 0.370. The van der Waals surface area contributed by atoms with Crippen molar-refractivity contribution in [1.29, 1.82) is 0 Å². The van der Waals surface area contributed by atoms with E-state index in [0.29, 0.717) is 0 Å². The molecular weight excluding hydrogens is 262 g/mol. The maximum absolute atomic E-state index is 8.52. The summed E-state index contributed by atoms with van der Waals surface area (Å²) in [6.07, 6.45) is 0. The van der Waals surface area contributed by atoms with Crippen LogP contribution in [0.5, 0.6) is 0 Å². The summed E-state index contributed by atoms with van der Waals surface area (Å²) < 4.78 is 34.1. The Morgan fingerprint density at radius 3 is 1.50 bits per heavy atom. The average molecular weight is 272 g/mol. The third-order valence-electron chi connectivity index (χ3n) is 0.940. The van der Waals surface area contributed by atoms with Crippen molar-refractivity contribution < 1.29 is 42.5 Å². The molecule has 1 rings (SSSR count). The summed E-state index contributed by atoms with van der Waals surface area (Å²) in [6, 6.07) is 10.3. The second kappa shape index (κ2) is 9.24. The molecule has 14 heavy (non-hydrogen) atoms. The van der Waals surface area contributed by atoms with Crippen LogP contribution >= 0.6 is 0 Å². The molecule has 0 bridgehead atoms. The van der Waals surface area contributed by atoms with Crippen LogP contribution in [0.3, 0.4) is 0 Å². The van der Waals surface area contributed by atoms with E-state index in [0.717, 1.165) is 0 Å². The van der Waals surface area contributed by atoms with Gasteiger partial charge in [-0.2, -0.15) is 0 Å². The van der Waals surface area contributed by atoms with E-state index in [4.69, 9.17) is 17.5 Å². The molecular formula is C7H10O5SZn. The number of hydrogen-bond donors (Lipinski definition) is 0. The van der Waals surface area contributed by atoms with E-state index in [1.165, 1.54) is 5.56 Å². The topological polar surface area (TPSA) is 112 Å². The van der Waals surface area contributed by atoms with Crippen molar-refractivity contribution in [2.45, 2.75) is 6.92 Å². The molecule has 0 saturated heterocycles. The first-order valence-electron chi connectivity index (χ1n) is 3.08. The van der Waals surface area contributed by atoms with Gasteiger partial charge in [0.1, 0.15) is 0 Å². The zero-order valence-corrected chi connectivity index (χ0v) is 11.4. The number of rotatable bonds is 0. The number of hydrogen-bond acceptors (Lipinski definition) is 4. The van der Waals surface area contributed by atoms with E-state index < -0.39 is 10.4 Å². The van der Waals surface area contributed by atoms with Crippen molar-refractivity contribution in [1.82, 2.24) is 0 Å². The molecule has 0 heterocycles. The van der Waals surface area contributed by atoms with Crippen LogP contribution in [-0.4, -0.2) is 23.0 Å². The van der Waals surface area contributed by atoms with Gasteiger partial charge in [-0.3, -0.25) is 8.42 Å². The maximum atomic E-state index is 8.52. The van der Waals surface area contributed by atoms with Gasteiger partial charge in [-0.1, -0.05) is 35.9 Å². The predicted molar refractivity (Wildman–Crippen MR) is 45.3 cm³/mol. The fraction of sp³-hybridized carbons (Fsp3) is 0.143. The fourth-order valence-corrected chi connectivity index (χ4v) is 0.534. The molecule has 0 aliphatic heterocycles. The molecule has 0 radical (unpaired) electrons. The second-order valence-corrected chi connectivity index (χ2v) is 2.88. The van der Waals surface area contributed by atoms with Crippen molar-refractivity contribution in [3.05, 3.63) is 35.9 Å². The third-order valence-corrected chi connectivity index (χ3v) is 0.940. The van der Waals surface area contributed by atoms with Crippen molar-refractivity contribution in [2.75, 3.05) is 0 Å². The van der Waals surface area contributed by atoms with Crippen molar-refractivity contribution in [3.8, 4) is 0 Å². The Hall–Kier alpha value is -0.327. The van der Waals surface area contributed by atoms with Gasteiger partial charge in [0.25, 0.3) is 0 Å². The molecule has 0 aliphatic carbocycles. The fourth-order valence-electron chi connectivity index (χ4n) is 0.534. The predicted octanol–water partition coefficient (Wildman–Crippen LogP) is -0.170. The van der Waals surface area contributed by atoms with Gasteiger partial charge in [0.05, 0.1) is 0 Å². The smallest absolute Gasteiger partial charge is 0.759 e. The first-order valence-corrected chi connectivity index (χ1v) is 4.41. The van der Waals surface area contributed by atoms with Gasteiger partial charge in [-0.05, 0) is 6.92 Å². The minimum atomic E-state index is -5.17. The molecule has 5 nitrogen and oxygen atoms in total. The number of benzene rings is 1. The van der Waals surface area contributed by atoms with E-state index in [-0.39, 0.29) is 25.0 Å². The summed E-state index contributed by atoms with van der Waals surface area (Å²) in [5.41, 5.74) is 1.32. The Kier molecular flexibility index (Phi) is 12.7. The average Bonchev–Trinajstić information content (AvgIpc) is 1.85. The summed E-state index contributed by atoms with van der Waals surface area (Å²) in [5.74, 6) is 0. The molecule has 0 saturated carbocycles. The van der Waals surface area contributed by atoms with Crippen molar-refractivity contribution >= 4 is 10.4 Å². The Bertz CT molecular complexity index is 302. The summed E-state index contributed by atoms with van der Waals surface area (Å²) in [6.45, 7) is 2.08. The molecule has 0 unspecified atom stereocenters. The van der Waals surface area contributed by atoms with E-state index in [9.17, 15) is 0 Å². The van der Waals surface area contributed by atoms with Crippen LogP contribution in [0.4, 0.5) is 0 Å². The second-order valence-electron chi connectivity index (χ2n) is 2.06.